The lowest BCUT2D eigenvalue weighted by Gasteiger charge is -2.27. The fourth-order valence-electron chi connectivity index (χ4n) is 3.80. The van der Waals surface area contributed by atoms with Gasteiger partial charge in [0.05, 0.1) is 25.2 Å². The Kier molecular flexibility index (Phi) is 5.19. The Morgan fingerprint density at radius 3 is 2.79 bits per heavy atom. The summed E-state index contributed by atoms with van der Waals surface area (Å²) in [4.78, 5) is 27.0. The van der Waals surface area contributed by atoms with E-state index in [0.717, 1.165) is 29.2 Å². The van der Waals surface area contributed by atoms with E-state index in [1.807, 2.05) is 55.5 Å². The first kappa shape index (κ1) is 18.3. The average Bonchev–Trinajstić information content (AvgIpc) is 3.11. The lowest BCUT2D eigenvalue weighted by molar-refractivity contribution is -0.127. The van der Waals surface area contributed by atoms with Crippen molar-refractivity contribution >= 4 is 17.5 Å². The van der Waals surface area contributed by atoms with Crippen molar-refractivity contribution < 1.29 is 19.1 Å². The van der Waals surface area contributed by atoms with Gasteiger partial charge in [0, 0.05) is 30.6 Å². The van der Waals surface area contributed by atoms with Gasteiger partial charge < -0.3 is 19.7 Å². The fourth-order valence-corrected chi connectivity index (χ4v) is 3.80. The van der Waals surface area contributed by atoms with E-state index >= 15 is 0 Å². The van der Waals surface area contributed by atoms with E-state index in [-0.39, 0.29) is 30.2 Å². The zero-order chi connectivity index (χ0) is 19.5. The number of amides is 2. The quantitative estimate of drug-likeness (QED) is 0.866. The van der Waals surface area contributed by atoms with Crippen molar-refractivity contribution in [1.82, 2.24) is 5.32 Å². The van der Waals surface area contributed by atoms with Crippen molar-refractivity contribution in [3.8, 4) is 11.5 Å². The summed E-state index contributed by atoms with van der Waals surface area (Å²) < 4.78 is 11.1. The third-order valence-corrected chi connectivity index (χ3v) is 5.23. The molecule has 0 unspecified atom stereocenters. The predicted molar refractivity (Wildman–Crippen MR) is 106 cm³/mol. The second kappa shape index (κ2) is 7.92. The van der Waals surface area contributed by atoms with Crippen LogP contribution in [0, 0.1) is 5.92 Å². The summed E-state index contributed by atoms with van der Waals surface area (Å²) in [6.45, 7) is 3.49. The molecule has 6 heteroatoms. The molecule has 146 valence electrons. The van der Waals surface area contributed by atoms with Crippen molar-refractivity contribution in [1.29, 1.82) is 0 Å². The summed E-state index contributed by atoms with van der Waals surface area (Å²) in [6.07, 6.45) is 0.954. The van der Waals surface area contributed by atoms with Gasteiger partial charge in [-0.1, -0.05) is 18.2 Å². The van der Waals surface area contributed by atoms with E-state index in [2.05, 4.69) is 5.32 Å². The van der Waals surface area contributed by atoms with Gasteiger partial charge in [0.15, 0.2) is 0 Å². The first-order valence-electron chi connectivity index (χ1n) is 9.71. The average molecular weight is 380 g/mol. The summed E-state index contributed by atoms with van der Waals surface area (Å²) >= 11 is 0. The topological polar surface area (TPSA) is 67.9 Å². The molecule has 2 aromatic carbocycles. The van der Waals surface area contributed by atoms with Crippen molar-refractivity contribution in [2.45, 2.75) is 25.8 Å². The number of hydrogen-bond acceptors (Lipinski definition) is 4. The molecule has 2 aliphatic rings. The number of nitrogens with one attached hydrogen (secondary N) is 1. The van der Waals surface area contributed by atoms with Crippen molar-refractivity contribution in [3.05, 3.63) is 54.1 Å². The number of benzene rings is 2. The molecule has 2 heterocycles. The molecule has 0 radical (unpaired) electrons. The van der Waals surface area contributed by atoms with Gasteiger partial charge in [0.1, 0.15) is 11.5 Å². The summed E-state index contributed by atoms with van der Waals surface area (Å²) in [7, 11) is 0. The van der Waals surface area contributed by atoms with Gasteiger partial charge in [-0.3, -0.25) is 9.59 Å². The number of hydrogen-bond donors (Lipinski definition) is 1. The first-order chi connectivity index (χ1) is 13.7. The Hall–Kier alpha value is -3.02. The number of nitrogens with zero attached hydrogens (tertiary/aromatic N) is 1. The van der Waals surface area contributed by atoms with E-state index in [4.69, 9.17) is 9.47 Å². The van der Waals surface area contributed by atoms with Crippen LogP contribution in [0.2, 0.25) is 0 Å². The van der Waals surface area contributed by atoms with Gasteiger partial charge >= 0.3 is 0 Å². The SMILES string of the molecule is CCOc1ccc(N2C[C@@H](C(=O)N[C@H]3CCOc4ccccc43)CC2=O)cc1. The normalized spacial score (nSPS) is 21.0. The molecule has 0 aromatic heterocycles. The van der Waals surface area contributed by atoms with Crippen LogP contribution in [0.4, 0.5) is 5.69 Å². The number of ether oxygens (including phenoxy) is 2. The van der Waals surface area contributed by atoms with Crippen LogP contribution in [0.5, 0.6) is 11.5 Å². The number of carbonyl (C=O) groups is 2. The molecule has 0 aliphatic carbocycles. The lowest BCUT2D eigenvalue weighted by Crippen LogP contribution is -2.37. The predicted octanol–water partition coefficient (Wildman–Crippen LogP) is 3.08. The van der Waals surface area contributed by atoms with Crippen molar-refractivity contribution in [2.24, 2.45) is 5.92 Å². The van der Waals surface area contributed by atoms with Gasteiger partial charge in [-0.25, -0.2) is 0 Å². The molecule has 1 N–H and O–H groups in total. The zero-order valence-electron chi connectivity index (χ0n) is 15.9. The van der Waals surface area contributed by atoms with Crippen molar-refractivity contribution in [3.63, 3.8) is 0 Å². The Bertz CT molecular complexity index is 865. The Balaban J connectivity index is 1.42. The maximum atomic E-state index is 12.8. The molecular formula is C22H24N2O4. The second-order valence-corrected chi connectivity index (χ2v) is 7.07. The number of para-hydroxylation sites is 1. The van der Waals surface area contributed by atoms with E-state index in [1.54, 1.807) is 4.90 Å². The van der Waals surface area contributed by atoms with Crippen LogP contribution in [0.25, 0.3) is 0 Å². The zero-order valence-corrected chi connectivity index (χ0v) is 15.9. The van der Waals surface area contributed by atoms with Crippen LogP contribution in [-0.2, 0) is 9.59 Å². The monoisotopic (exact) mass is 380 g/mol. The van der Waals surface area contributed by atoms with Crippen LogP contribution in [0.15, 0.2) is 48.5 Å². The first-order valence-corrected chi connectivity index (χ1v) is 9.71. The highest BCUT2D eigenvalue weighted by atomic mass is 16.5. The van der Waals surface area contributed by atoms with E-state index < -0.39 is 0 Å². The van der Waals surface area contributed by atoms with E-state index in [9.17, 15) is 9.59 Å². The lowest BCUT2D eigenvalue weighted by atomic mass is 9.99. The molecule has 0 spiro atoms. The second-order valence-electron chi connectivity index (χ2n) is 7.07. The molecule has 4 rings (SSSR count). The van der Waals surface area contributed by atoms with E-state index in [0.29, 0.717) is 19.8 Å². The third kappa shape index (κ3) is 3.67. The van der Waals surface area contributed by atoms with Gasteiger partial charge in [0.2, 0.25) is 11.8 Å². The number of fused-ring (bicyclic) bond motifs is 1. The number of anilines is 1. The largest absolute Gasteiger partial charge is 0.494 e. The molecule has 6 nitrogen and oxygen atoms in total. The Morgan fingerprint density at radius 2 is 2.00 bits per heavy atom. The van der Waals surface area contributed by atoms with Gasteiger partial charge in [0.25, 0.3) is 0 Å². The minimum absolute atomic E-state index is 0.0308. The summed E-state index contributed by atoms with van der Waals surface area (Å²) in [5, 5.41) is 3.12. The van der Waals surface area contributed by atoms with Gasteiger partial charge in [-0.05, 0) is 37.3 Å². The fraction of sp³-hybridized carbons (Fsp3) is 0.364. The highest BCUT2D eigenvalue weighted by Gasteiger charge is 2.36. The molecule has 0 bridgehead atoms. The van der Waals surface area contributed by atoms with E-state index in [1.165, 1.54) is 0 Å². The molecule has 2 aliphatic heterocycles. The van der Waals surface area contributed by atoms with Crippen LogP contribution >= 0.6 is 0 Å². The molecular weight excluding hydrogens is 356 g/mol. The van der Waals surface area contributed by atoms with Crippen molar-refractivity contribution in [2.75, 3.05) is 24.7 Å². The van der Waals surface area contributed by atoms with Crippen LogP contribution in [-0.4, -0.2) is 31.6 Å². The Morgan fingerprint density at radius 1 is 1.21 bits per heavy atom. The van der Waals surface area contributed by atoms with Crippen LogP contribution in [0.3, 0.4) is 0 Å². The maximum Gasteiger partial charge on any atom is 0.227 e. The van der Waals surface area contributed by atoms with Gasteiger partial charge in [-0.15, -0.1) is 0 Å². The molecule has 2 aromatic rings. The molecule has 2 atom stereocenters. The highest BCUT2D eigenvalue weighted by molar-refractivity contribution is 6.00. The number of rotatable bonds is 5. The summed E-state index contributed by atoms with van der Waals surface area (Å²) in [5.74, 6) is 1.12. The molecule has 0 saturated carbocycles. The van der Waals surface area contributed by atoms with Gasteiger partial charge in [-0.2, -0.15) is 0 Å². The third-order valence-electron chi connectivity index (χ3n) is 5.23. The minimum atomic E-state index is -0.353. The Labute approximate surface area is 164 Å². The smallest absolute Gasteiger partial charge is 0.227 e. The molecule has 2 amide bonds. The highest BCUT2D eigenvalue weighted by Crippen LogP contribution is 2.33. The molecule has 1 saturated heterocycles. The molecule has 28 heavy (non-hydrogen) atoms. The summed E-state index contributed by atoms with van der Waals surface area (Å²) in [6, 6.07) is 15.1. The summed E-state index contributed by atoms with van der Waals surface area (Å²) in [5.41, 5.74) is 1.79. The van der Waals surface area contributed by atoms with Crippen LogP contribution < -0.4 is 19.7 Å². The van der Waals surface area contributed by atoms with Crippen LogP contribution in [0.1, 0.15) is 31.4 Å². The number of carbonyl (C=O) groups excluding carboxylic acids is 2. The standard InChI is InChI=1S/C22H24N2O4/c1-2-27-17-9-7-16(8-10-17)24-14-15(13-21(24)25)22(26)23-19-11-12-28-20-6-4-3-5-18(19)20/h3-10,15,19H,2,11-14H2,1H3,(H,23,26)/t15-,19-/m0/s1. The molecule has 1 fully saturated rings. The maximum absolute atomic E-state index is 12.8. The minimum Gasteiger partial charge on any atom is -0.494 e.